The summed E-state index contributed by atoms with van der Waals surface area (Å²) in [7, 11) is 0. The van der Waals surface area contributed by atoms with Gasteiger partial charge in [0.15, 0.2) is 0 Å². The molecule has 0 aliphatic heterocycles. The van der Waals surface area contributed by atoms with Crippen LogP contribution in [0.4, 0.5) is 9.59 Å². The molecule has 74 heavy (non-hydrogen) atoms. The van der Waals surface area contributed by atoms with Gasteiger partial charge in [-0.25, -0.2) is 28.8 Å². The molecule has 18 heteroatoms. The Morgan fingerprint density at radius 1 is 0.378 bits per heavy atom. The molecule has 2 N–H and O–H groups in total. The second kappa shape index (κ2) is 29.5. The first-order valence-corrected chi connectivity index (χ1v) is 23.3. The Morgan fingerprint density at radius 2 is 0.622 bits per heavy atom. The number of esters is 6. The van der Waals surface area contributed by atoms with Crippen LogP contribution in [0.2, 0.25) is 0 Å². The van der Waals surface area contributed by atoms with Crippen molar-refractivity contribution in [1.29, 1.82) is 0 Å². The lowest BCUT2D eigenvalue weighted by atomic mass is 9.73. The minimum atomic E-state index is -0.787. The lowest BCUT2D eigenvalue weighted by Gasteiger charge is -2.30. The van der Waals surface area contributed by atoms with Gasteiger partial charge in [-0.1, -0.05) is 74.8 Å². The predicted molar refractivity (Wildman–Crippen MR) is 270 cm³/mol. The molecule has 0 unspecified atom stereocenters. The quantitative estimate of drug-likeness (QED) is 0.0187. The zero-order chi connectivity index (χ0) is 54.2. The van der Waals surface area contributed by atoms with Crippen molar-refractivity contribution in [3.63, 3.8) is 0 Å². The summed E-state index contributed by atoms with van der Waals surface area (Å²) in [5, 5.41) is 5.06. The number of hydrogen-bond acceptors (Lipinski definition) is 16. The van der Waals surface area contributed by atoms with E-state index in [4.69, 9.17) is 37.9 Å². The highest BCUT2D eigenvalue weighted by Gasteiger charge is 2.29. The van der Waals surface area contributed by atoms with Crippen LogP contribution in [0.3, 0.4) is 0 Å². The standard InChI is InChI=1S/C56H60N2O16/c1-35(2)51(61)67-31-9-11-47(59)71-43-21-13-39(14-22-43)49(40-15-23-44(24-16-40)72-48(60)12-10-32-68-52(62)36(3)4)50(41-17-25-45(26-18-41)73-55(65)57-29-33-69-53(63)37(5)6)42-19-27-46(28-20-42)74-56(66)58-30-34-70-54(64)38(7)8/h13-28,49-50H,1,3,5,7,9-12,29-34H2,2,4,6,8H3,(H,57,65)(H,58,66). The molecule has 390 valence electrons. The average Bonchev–Trinajstić information content (AvgIpc) is 3.37. The summed E-state index contributed by atoms with van der Waals surface area (Å²) in [5.41, 5.74) is 3.88. The first kappa shape index (κ1) is 57.8. The topological polar surface area (TPSA) is 234 Å². The largest absolute Gasteiger partial charge is 0.462 e. The number of carbonyl (C=O) groups is 8. The van der Waals surface area contributed by atoms with Gasteiger partial charge in [-0.3, -0.25) is 9.59 Å². The van der Waals surface area contributed by atoms with E-state index in [-0.39, 0.29) is 110 Å². The molecule has 0 bridgehead atoms. The molecule has 0 saturated heterocycles. The van der Waals surface area contributed by atoms with Crippen LogP contribution in [0, 0.1) is 0 Å². The maximum atomic E-state index is 12.8. The van der Waals surface area contributed by atoms with Gasteiger partial charge >= 0.3 is 48.0 Å². The molecule has 0 fully saturated rings. The zero-order valence-electron chi connectivity index (χ0n) is 41.8. The summed E-state index contributed by atoms with van der Waals surface area (Å²) in [6, 6.07) is 27.3. The molecule has 2 amide bonds. The normalized spacial score (nSPS) is 10.5. The Kier molecular flexibility index (Phi) is 23.0. The Balaban J connectivity index is 1.68. The molecule has 0 spiro atoms. The third-order valence-electron chi connectivity index (χ3n) is 10.3. The van der Waals surface area contributed by atoms with Crippen molar-refractivity contribution in [2.24, 2.45) is 0 Å². The predicted octanol–water partition coefficient (Wildman–Crippen LogP) is 8.68. The van der Waals surface area contributed by atoms with Crippen LogP contribution >= 0.6 is 0 Å². The molecular formula is C56H60N2O16. The van der Waals surface area contributed by atoms with Gasteiger partial charge in [-0.2, -0.15) is 0 Å². The van der Waals surface area contributed by atoms with Gasteiger partial charge in [0.05, 0.1) is 26.3 Å². The number of nitrogens with one attached hydrogen (secondary N) is 2. The highest BCUT2D eigenvalue weighted by atomic mass is 16.6. The fraction of sp³-hybridized carbons (Fsp3) is 0.286. The minimum absolute atomic E-state index is 0.0118. The molecule has 0 aromatic heterocycles. The van der Waals surface area contributed by atoms with E-state index in [0.717, 1.165) is 22.3 Å². The molecule has 4 aromatic rings. The number of hydrogen-bond donors (Lipinski definition) is 2. The summed E-state index contributed by atoms with van der Waals surface area (Å²) < 4.78 is 42.5. The van der Waals surface area contributed by atoms with E-state index in [0.29, 0.717) is 0 Å². The molecule has 0 heterocycles. The van der Waals surface area contributed by atoms with Crippen LogP contribution < -0.4 is 29.6 Å². The monoisotopic (exact) mass is 1020 g/mol. The van der Waals surface area contributed by atoms with Gasteiger partial charge in [-0.05, 0) is 111 Å². The number of rotatable bonds is 27. The summed E-state index contributed by atoms with van der Waals surface area (Å²) in [5.74, 6) is -3.54. The Labute approximate surface area is 429 Å². The van der Waals surface area contributed by atoms with Crippen molar-refractivity contribution in [3.05, 3.63) is 168 Å². The fourth-order valence-corrected chi connectivity index (χ4v) is 6.63. The first-order chi connectivity index (χ1) is 35.3. The van der Waals surface area contributed by atoms with Crippen LogP contribution in [0.1, 0.15) is 87.5 Å². The van der Waals surface area contributed by atoms with Crippen molar-refractivity contribution < 1.29 is 76.3 Å². The summed E-state index contributed by atoms with van der Waals surface area (Å²) in [4.78, 5) is 97.9. The third kappa shape index (κ3) is 19.8. The van der Waals surface area contributed by atoms with Crippen LogP contribution in [0.5, 0.6) is 23.0 Å². The molecule has 0 aliphatic rings. The molecule has 0 saturated carbocycles. The highest BCUT2D eigenvalue weighted by Crippen LogP contribution is 2.44. The van der Waals surface area contributed by atoms with E-state index < -0.39 is 59.8 Å². The van der Waals surface area contributed by atoms with E-state index in [1.54, 1.807) is 97.1 Å². The molecule has 0 radical (unpaired) electrons. The van der Waals surface area contributed by atoms with Gasteiger partial charge in [0, 0.05) is 47.0 Å². The smallest absolute Gasteiger partial charge is 0.412 e. The van der Waals surface area contributed by atoms with Gasteiger partial charge in [0.2, 0.25) is 0 Å². The SMILES string of the molecule is C=C(C)C(=O)OCCCC(=O)Oc1ccc(C(c2ccc(OC(=O)CCCOC(=O)C(=C)C)cc2)C(c2ccc(OC(=O)NCCOC(=O)C(=C)C)cc2)c2ccc(OC(=O)NCCOC(=O)C(=C)C)cc2)cc1. The Bertz CT molecular complexity index is 2310. The molecule has 4 rings (SSSR count). The Hall–Kier alpha value is -8.80. The van der Waals surface area contributed by atoms with Crippen molar-refractivity contribution in [2.45, 2.75) is 65.2 Å². The van der Waals surface area contributed by atoms with Gasteiger partial charge in [0.1, 0.15) is 36.2 Å². The molecule has 0 aliphatic carbocycles. The number of ether oxygens (including phenoxy) is 8. The lowest BCUT2D eigenvalue weighted by molar-refractivity contribution is -0.141. The Morgan fingerprint density at radius 3 is 0.878 bits per heavy atom. The van der Waals surface area contributed by atoms with Crippen molar-refractivity contribution >= 4 is 48.0 Å². The molecular weight excluding hydrogens is 957 g/mol. The molecule has 0 atom stereocenters. The number of carbonyl (C=O) groups excluding carboxylic acids is 8. The van der Waals surface area contributed by atoms with Gasteiger partial charge < -0.3 is 48.5 Å². The van der Waals surface area contributed by atoms with Crippen LogP contribution in [0.25, 0.3) is 0 Å². The van der Waals surface area contributed by atoms with E-state index >= 15 is 0 Å². The van der Waals surface area contributed by atoms with E-state index in [1.165, 1.54) is 27.7 Å². The summed E-state index contributed by atoms with van der Waals surface area (Å²) in [6.07, 6.45) is -1.14. The van der Waals surface area contributed by atoms with Gasteiger partial charge in [-0.15, -0.1) is 0 Å². The van der Waals surface area contributed by atoms with Crippen LogP contribution in [-0.4, -0.2) is 87.5 Å². The number of benzene rings is 4. The second-order valence-corrected chi connectivity index (χ2v) is 16.7. The lowest BCUT2D eigenvalue weighted by Crippen LogP contribution is -2.30. The van der Waals surface area contributed by atoms with Crippen LogP contribution in [0.15, 0.2) is 146 Å². The zero-order valence-corrected chi connectivity index (χ0v) is 41.8. The fourth-order valence-electron chi connectivity index (χ4n) is 6.63. The van der Waals surface area contributed by atoms with E-state index in [9.17, 15) is 38.4 Å². The van der Waals surface area contributed by atoms with Crippen molar-refractivity contribution in [3.8, 4) is 23.0 Å². The first-order valence-electron chi connectivity index (χ1n) is 23.3. The molecule has 4 aromatic carbocycles. The number of amides is 2. The average molecular weight is 1020 g/mol. The van der Waals surface area contributed by atoms with Crippen molar-refractivity contribution in [2.75, 3.05) is 39.5 Å². The van der Waals surface area contributed by atoms with Gasteiger partial charge in [0.25, 0.3) is 0 Å². The summed E-state index contributed by atoms with van der Waals surface area (Å²) >= 11 is 0. The molecule has 18 nitrogen and oxygen atoms in total. The second-order valence-electron chi connectivity index (χ2n) is 16.7. The van der Waals surface area contributed by atoms with E-state index in [2.05, 4.69) is 36.9 Å². The van der Waals surface area contributed by atoms with Crippen molar-refractivity contribution in [1.82, 2.24) is 10.6 Å². The van der Waals surface area contributed by atoms with E-state index in [1.807, 2.05) is 0 Å². The maximum Gasteiger partial charge on any atom is 0.412 e. The highest BCUT2D eigenvalue weighted by molar-refractivity contribution is 5.88. The maximum absolute atomic E-state index is 12.8. The minimum Gasteiger partial charge on any atom is -0.462 e. The summed E-state index contributed by atoms with van der Waals surface area (Å²) in [6.45, 7) is 20.0. The third-order valence-corrected chi connectivity index (χ3v) is 10.3. The van der Waals surface area contributed by atoms with Crippen LogP contribution in [-0.2, 0) is 47.7 Å².